The van der Waals surface area contributed by atoms with Crippen molar-refractivity contribution in [3.8, 4) is 5.88 Å². The Morgan fingerprint density at radius 1 is 1.29 bits per heavy atom. The van der Waals surface area contributed by atoms with E-state index >= 15 is 0 Å². The van der Waals surface area contributed by atoms with Gasteiger partial charge in [-0.15, -0.1) is 12.4 Å². The van der Waals surface area contributed by atoms with Crippen molar-refractivity contribution in [2.75, 3.05) is 25.4 Å². The maximum absolute atomic E-state index is 5.49. The fourth-order valence-electron chi connectivity index (χ4n) is 1.18. The number of hydrogen-bond acceptors (Lipinski definition) is 4. The van der Waals surface area contributed by atoms with Crippen molar-refractivity contribution in [3.63, 3.8) is 0 Å². The Morgan fingerprint density at radius 2 is 2.12 bits per heavy atom. The molecule has 0 aromatic carbocycles. The average Bonchev–Trinajstić information content (AvgIpc) is 2.30. The first-order chi connectivity index (χ1) is 7.83. The molecule has 0 unspecified atom stereocenters. The summed E-state index contributed by atoms with van der Waals surface area (Å²) in [4.78, 5) is 4.13. The molecule has 0 bridgehead atoms. The summed E-state index contributed by atoms with van der Waals surface area (Å²) in [6.45, 7) is 2.72. The van der Waals surface area contributed by atoms with Crippen LogP contribution >= 0.6 is 41.0 Å². The van der Waals surface area contributed by atoms with E-state index in [4.69, 9.17) is 4.74 Å². The summed E-state index contributed by atoms with van der Waals surface area (Å²) in [5.74, 6) is 1.57. The number of aromatic nitrogens is 1. The van der Waals surface area contributed by atoms with E-state index < -0.39 is 0 Å². The normalized spacial score (nSPS) is 9.76. The van der Waals surface area contributed by atoms with E-state index in [9.17, 15) is 0 Å². The second-order valence-corrected chi connectivity index (χ2v) is 4.71. The Hall–Kier alpha value is 0.0300. The van der Waals surface area contributed by atoms with Gasteiger partial charge in [0.25, 0.3) is 0 Å². The van der Waals surface area contributed by atoms with Gasteiger partial charge in [0, 0.05) is 29.0 Å². The minimum absolute atomic E-state index is 0. The van der Waals surface area contributed by atoms with Crippen LogP contribution in [0.15, 0.2) is 22.8 Å². The number of unbranched alkanes of at least 4 members (excludes halogenated alkanes) is 1. The zero-order valence-corrected chi connectivity index (χ0v) is 12.9. The Labute approximate surface area is 123 Å². The van der Waals surface area contributed by atoms with Gasteiger partial charge in [-0.05, 0) is 41.4 Å². The topological polar surface area (TPSA) is 34.1 Å². The zero-order chi connectivity index (χ0) is 11.6. The highest BCUT2D eigenvalue weighted by atomic mass is 79.9. The van der Waals surface area contributed by atoms with E-state index in [1.165, 1.54) is 0 Å². The van der Waals surface area contributed by atoms with Crippen molar-refractivity contribution >= 4 is 41.0 Å². The summed E-state index contributed by atoms with van der Waals surface area (Å²) in [7, 11) is 0. The molecule has 0 saturated heterocycles. The highest BCUT2D eigenvalue weighted by Gasteiger charge is 1.95. The van der Waals surface area contributed by atoms with Gasteiger partial charge in [0.1, 0.15) is 0 Å². The number of rotatable bonds is 8. The zero-order valence-electron chi connectivity index (χ0n) is 9.56. The van der Waals surface area contributed by atoms with Crippen LogP contribution in [0.5, 0.6) is 5.88 Å². The van der Waals surface area contributed by atoms with Gasteiger partial charge in [0.05, 0.1) is 6.61 Å². The maximum Gasteiger partial charge on any atom is 0.213 e. The summed E-state index contributed by atoms with van der Waals surface area (Å²) in [5, 5.41) is 3.29. The highest BCUT2D eigenvalue weighted by molar-refractivity contribution is 9.10. The molecule has 1 aromatic rings. The van der Waals surface area contributed by atoms with E-state index in [1.54, 1.807) is 6.20 Å². The van der Waals surface area contributed by atoms with Gasteiger partial charge >= 0.3 is 0 Å². The standard InChI is InChI=1S/C11H17BrN2OS.ClH/c12-10-3-4-11(14-9-10)15-7-2-1-5-13-6-8-16;/h3-4,9,13,16H,1-2,5-8H2;1H. The molecule has 0 atom stereocenters. The molecular weight excluding hydrogens is 324 g/mol. The highest BCUT2D eigenvalue weighted by Crippen LogP contribution is 2.12. The minimum Gasteiger partial charge on any atom is -0.478 e. The van der Waals surface area contributed by atoms with Gasteiger partial charge in [-0.25, -0.2) is 4.98 Å². The lowest BCUT2D eigenvalue weighted by atomic mass is 10.3. The number of halogens is 2. The lowest BCUT2D eigenvalue weighted by Crippen LogP contribution is -2.18. The predicted octanol–water partition coefficient (Wildman–Crippen LogP) is 2.94. The predicted molar refractivity (Wildman–Crippen MR) is 80.6 cm³/mol. The number of nitrogens with one attached hydrogen (secondary N) is 1. The van der Waals surface area contributed by atoms with Crippen LogP contribution in [0, 0.1) is 0 Å². The second kappa shape index (κ2) is 11.1. The molecule has 0 aliphatic heterocycles. The van der Waals surface area contributed by atoms with Crippen LogP contribution in [0.3, 0.4) is 0 Å². The molecule has 1 heterocycles. The van der Waals surface area contributed by atoms with Crippen LogP contribution in [0.25, 0.3) is 0 Å². The largest absolute Gasteiger partial charge is 0.478 e. The van der Waals surface area contributed by atoms with Crippen molar-refractivity contribution in [3.05, 3.63) is 22.8 Å². The van der Waals surface area contributed by atoms with Crippen LogP contribution in [0.4, 0.5) is 0 Å². The SMILES string of the molecule is Cl.SCCNCCCCOc1ccc(Br)cn1. The summed E-state index contributed by atoms with van der Waals surface area (Å²) in [6, 6.07) is 3.79. The lowest BCUT2D eigenvalue weighted by molar-refractivity contribution is 0.294. The van der Waals surface area contributed by atoms with E-state index in [0.717, 1.165) is 42.8 Å². The Bertz CT molecular complexity index is 287. The molecule has 0 fully saturated rings. The summed E-state index contributed by atoms with van der Waals surface area (Å²) >= 11 is 7.45. The molecule has 0 aliphatic carbocycles. The molecule has 0 aliphatic rings. The maximum atomic E-state index is 5.49. The lowest BCUT2D eigenvalue weighted by Gasteiger charge is -2.05. The molecule has 0 saturated carbocycles. The first kappa shape index (κ1) is 17.0. The molecule has 1 N–H and O–H groups in total. The Morgan fingerprint density at radius 3 is 2.76 bits per heavy atom. The van der Waals surface area contributed by atoms with Gasteiger partial charge in [-0.2, -0.15) is 12.6 Å². The third-order valence-electron chi connectivity index (χ3n) is 1.99. The number of thiol groups is 1. The van der Waals surface area contributed by atoms with Crippen LogP contribution in [-0.4, -0.2) is 30.4 Å². The van der Waals surface area contributed by atoms with E-state index in [1.807, 2.05) is 12.1 Å². The molecule has 98 valence electrons. The summed E-state index contributed by atoms with van der Waals surface area (Å²) < 4.78 is 6.46. The minimum atomic E-state index is 0. The number of hydrogen-bond donors (Lipinski definition) is 2. The van der Waals surface area contributed by atoms with Crippen molar-refractivity contribution < 1.29 is 4.74 Å². The smallest absolute Gasteiger partial charge is 0.213 e. The average molecular weight is 342 g/mol. The van der Waals surface area contributed by atoms with E-state index in [2.05, 4.69) is 38.9 Å². The van der Waals surface area contributed by atoms with Gasteiger partial charge < -0.3 is 10.1 Å². The first-order valence-electron chi connectivity index (χ1n) is 5.39. The van der Waals surface area contributed by atoms with Crippen molar-refractivity contribution in [2.24, 2.45) is 0 Å². The fourth-order valence-corrected chi connectivity index (χ4v) is 1.57. The van der Waals surface area contributed by atoms with Crippen LogP contribution in [-0.2, 0) is 0 Å². The summed E-state index contributed by atoms with van der Waals surface area (Å²) in [6.07, 6.45) is 3.89. The Kier molecular flexibility index (Phi) is 11.2. The molecule has 1 rings (SSSR count). The van der Waals surface area contributed by atoms with Crippen molar-refractivity contribution in [2.45, 2.75) is 12.8 Å². The molecule has 17 heavy (non-hydrogen) atoms. The second-order valence-electron chi connectivity index (χ2n) is 3.34. The van der Waals surface area contributed by atoms with Crippen molar-refractivity contribution in [1.82, 2.24) is 10.3 Å². The van der Waals surface area contributed by atoms with Gasteiger partial charge in [-0.1, -0.05) is 0 Å². The van der Waals surface area contributed by atoms with Crippen molar-refractivity contribution in [1.29, 1.82) is 0 Å². The molecule has 6 heteroatoms. The number of ether oxygens (including phenoxy) is 1. The monoisotopic (exact) mass is 340 g/mol. The van der Waals surface area contributed by atoms with Crippen LogP contribution < -0.4 is 10.1 Å². The molecular formula is C11H18BrClN2OS. The number of pyridine rings is 1. The van der Waals surface area contributed by atoms with Gasteiger partial charge in [0.15, 0.2) is 0 Å². The Balaban J connectivity index is 0.00000256. The van der Waals surface area contributed by atoms with Crippen LogP contribution in [0.1, 0.15) is 12.8 Å². The van der Waals surface area contributed by atoms with E-state index in [0.29, 0.717) is 5.88 Å². The molecule has 3 nitrogen and oxygen atoms in total. The fraction of sp³-hybridized carbons (Fsp3) is 0.545. The van der Waals surface area contributed by atoms with E-state index in [-0.39, 0.29) is 12.4 Å². The number of nitrogens with zero attached hydrogens (tertiary/aromatic N) is 1. The quantitative estimate of drug-likeness (QED) is 0.563. The molecule has 0 radical (unpaired) electrons. The summed E-state index contributed by atoms with van der Waals surface area (Å²) in [5.41, 5.74) is 0. The van der Waals surface area contributed by atoms with Gasteiger partial charge in [0.2, 0.25) is 5.88 Å². The van der Waals surface area contributed by atoms with Crippen LogP contribution in [0.2, 0.25) is 0 Å². The third kappa shape index (κ3) is 8.71. The van der Waals surface area contributed by atoms with Gasteiger partial charge in [-0.3, -0.25) is 0 Å². The molecule has 0 amide bonds. The third-order valence-corrected chi connectivity index (χ3v) is 2.68. The molecule has 1 aromatic heterocycles. The first-order valence-corrected chi connectivity index (χ1v) is 6.81. The molecule has 0 spiro atoms.